The summed E-state index contributed by atoms with van der Waals surface area (Å²) in [5.74, 6) is -0.351. The van der Waals surface area contributed by atoms with E-state index in [1.165, 1.54) is 33.6 Å². The molecule has 3 aromatic rings. The first-order valence-electron chi connectivity index (χ1n) is 17.8. The lowest BCUT2D eigenvalue weighted by molar-refractivity contribution is -0.480. The van der Waals surface area contributed by atoms with Gasteiger partial charge in [0.2, 0.25) is 11.4 Å². The Morgan fingerprint density at radius 2 is 1.33 bits per heavy atom. The molecule has 3 aromatic carbocycles. The first-order valence-corrected chi connectivity index (χ1v) is 17.8. The van der Waals surface area contributed by atoms with E-state index in [4.69, 9.17) is 0 Å². The van der Waals surface area contributed by atoms with Crippen molar-refractivity contribution in [3.05, 3.63) is 130 Å². The van der Waals surface area contributed by atoms with Gasteiger partial charge in [0.05, 0.1) is 0 Å². The standard InChI is InChI=1S/C44H52N2O2/c1-9-11-13-33(7)45(39-25-15-29(3)27-31(39)5)37-21-17-35(18-22-37)41-43(47)42(44(41)48)36-19-23-38(24-20-36)46(34(8)14-12-10-2)40-26-16-30(4)28-32(40)6/h15-28,33-34H,9-14H2,1-8H3. The van der Waals surface area contributed by atoms with E-state index >= 15 is 0 Å². The number of rotatable bonds is 12. The van der Waals surface area contributed by atoms with Crippen LogP contribution in [-0.2, 0) is 4.79 Å². The van der Waals surface area contributed by atoms with Crippen LogP contribution in [0.2, 0.25) is 0 Å². The van der Waals surface area contributed by atoms with Crippen LogP contribution in [0.5, 0.6) is 0 Å². The lowest BCUT2D eigenvalue weighted by Crippen LogP contribution is -2.31. The van der Waals surface area contributed by atoms with Crippen molar-refractivity contribution in [2.24, 2.45) is 0 Å². The van der Waals surface area contributed by atoms with Crippen LogP contribution in [0, 0.1) is 27.7 Å². The Balaban J connectivity index is 1.45. The highest BCUT2D eigenvalue weighted by molar-refractivity contribution is 6.39. The third-order valence-corrected chi connectivity index (χ3v) is 9.83. The maximum Gasteiger partial charge on any atom is 0.208 e. The Kier molecular flexibility index (Phi) is 11.0. The number of ketones is 1. The van der Waals surface area contributed by atoms with Crippen molar-refractivity contribution >= 4 is 34.1 Å². The molecule has 0 fully saturated rings. The van der Waals surface area contributed by atoms with Crippen molar-refractivity contribution in [3.63, 3.8) is 0 Å². The van der Waals surface area contributed by atoms with E-state index < -0.39 is 0 Å². The zero-order chi connectivity index (χ0) is 34.5. The topological polar surface area (TPSA) is 46.4 Å². The molecular formula is C44H52N2O2. The number of carbonyl (C=O) groups excluding carboxylic acids is 1. The Bertz CT molecular complexity index is 1820. The van der Waals surface area contributed by atoms with Crippen LogP contribution in [0.1, 0.15) is 94.0 Å². The molecule has 0 spiro atoms. The maximum absolute atomic E-state index is 13.5. The van der Waals surface area contributed by atoms with Gasteiger partial charge in [-0.05, 0) is 108 Å². The van der Waals surface area contributed by atoms with Gasteiger partial charge >= 0.3 is 0 Å². The van der Waals surface area contributed by atoms with Crippen molar-refractivity contribution in [1.82, 2.24) is 0 Å². The number of hydrogen-bond donors (Lipinski definition) is 0. The molecule has 2 aliphatic carbocycles. The van der Waals surface area contributed by atoms with Crippen LogP contribution < -0.4 is 10.0 Å². The highest BCUT2D eigenvalue weighted by atomic mass is 16.3. The van der Waals surface area contributed by atoms with Gasteiger partial charge in [-0.25, -0.2) is 0 Å². The molecule has 2 aliphatic rings. The minimum Gasteiger partial charge on any atom is -0.871 e. The molecule has 0 radical (unpaired) electrons. The quantitative estimate of drug-likeness (QED) is 0.146. The number of benzene rings is 3. The maximum atomic E-state index is 13.5. The second-order valence-corrected chi connectivity index (χ2v) is 13.8. The molecular weight excluding hydrogens is 588 g/mol. The van der Waals surface area contributed by atoms with Gasteiger partial charge in [0.15, 0.2) is 11.8 Å². The molecule has 0 saturated heterocycles. The smallest absolute Gasteiger partial charge is 0.208 e. The Morgan fingerprint density at radius 3 is 1.92 bits per heavy atom. The predicted molar refractivity (Wildman–Crippen MR) is 201 cm³/mol. The first-order chi connectivity index (χ1) is 23.0. The molecule has 4 nitrogen and oxygen atoms in total. The molecule has 0 aliphatic heterocycles. The van der Waals surface area contributed by atoms with Crippen molar-refractivity contribution in [2.45, 2.75) is 106 Å². The van der Waals surface area contributed by atoms with Gasteiger partial charge in [-0.3, -0.25) is 4.79 Å². The monoisotopic (exact) mass is 640 g/mol. The van der Waals surface area contributed by atoms with Crippen molar-refractivity contribution < 1.29 is 14.5 Å². The number of anilines is 2. The minimum absolute atomic E-state index is 0.175. The van der Waals surface area contributed by atoms with Crippen molar-refractivity contribution in [1.29, 1.82) is 0 Å². The lowest BCUT2D eigenvalue weighted by Gasteiger charge is -2.34. The molecule has 2 atom stereocenters. The van der Waals surface area contributed by atoms with Crippen LogP contribution in [0.25, 0.3) is 5.57 Å². The molecule has 48 heavy (non-hydrogen) atoms. The van der Waals surface area contributed by atoms with Crippen molar-refractivity contribution in [2.75, 3.05) is 4.90 Å². The second kappa shape index (κ2) is 15.2. The van der Waals surface area contributed by atoms with Crippen molar-refractivity contribution in [3.8, 4) is 0 Å². The molecule has 0 saturated carbocycles. The van der Waals surface area contributed by atoms with Gasteiger partial charge < -0.3 is 10.0 Å². The van der Waals surface area contributed by atoms with E-state index in [1.807, 2.05) is 24.3 Å². The lowest BCUT2D eigenvalue weighted by atomic mass is 9.80. The van der Waals surface area contributed by atoms with Gasteiger partial charge in [0.25, 0.3) is 0 Å². The fraction of sp³-hybridized carbons (Fsp3) is 0.364. The largest absolute Gasteiger partial charge is 0.871 e. The van der Waals surface area contributed by atoms with E-state index in [0.29, 0.717) is 23.2 Å². The van der Waals surface area contributed by atoms with E-state index in [9.17, 15) is 9.90 Å². The summed E-state index contributed by atoms with van der Waals surface area (Å²) in [5, 5.41) is 13.5. The number of allylic oxidation sites excluding steroid dienone is 7. The molecule has 0 N–H and O–H groups in total. The first kappa shape index (κ1) is 34.9. The Labute approximate surface area is 288 Å². The summed E-state index contributed by atoms with van der Waals surface area (Å²) < 4.78 is 2.40. The highest BCUT2D eigenvalue weighted by Crippen LogP contribution is 2.39. The van der Waals surface area contributed by atoms with E-state index in [1.54, 1.807) is 0 Å². The normalized spacial score (nSPS) is 15.6. The highest BCUT2D eigenvalue weighted by Gasteiger charge is 2.32. The number of aryl methyl sites for hydroxylation is 4. The fourth-order valence-corrected chi connectivity index (χ4v) is 7.17. The van der Waals surface area contributed by atoms with Crippen LogP contribution >= 0.6 is 0 Å². The molecule has 0 amide bonds. The summed E-state index contributed by atoms with van der Waals surface area (Å²) in [5.41, 5.74) is 11.4. The van der Waals surface area contributed by atoms with Crippen LogP contribution in [0.4, 0.5) is 17.1 Å². The van der Waals surface area contributed by atoms with E-state index in [2.05, 4.69) is 126 Å². The van der Waals surface area contributed by atoms with Crippen LogP contribution in [0.3, 0.4) is 0 Å². The summed E-state index contributed by atoms with van der Waals surface area (Å²) >= 11 is 0. The van der Waals surface area contributed by atoms with E-state index in [0.717, 1.165) is 49.9 Å². The third kappa shape index (κ3) is 7.18. The third-order valence-electron chi connectivity index (χ3n) is 9.83. The molecule has 0 heterocycles. The summed E-state index contributed by atoms with van der Waals surface area (Å²) in [6, 6.07) is 21.8. The zero-order valence-electron chi connectivity index (χ0n) is 30.2. The average Bonchev–Trinajstić information content (AvgIpc) is 3.06. The average molecular weight is 641 g/mol. The van der Waals surface area contributed by atoms with Gasteiger partial charge in [0.1, 0.15) is 0 Å². The zero-order valence-corrected chi connectivity index (χ0v) is 30.2. The minimum atomic E-state index is -0.175. The Hall–Kier alpha value is -4.44. The van der Waals surface area contributed by atoms with Gasteiger partial charge in [-0.2, -0.15) is 4.58 Å². The molecule has 0 bridgehead atoms. The molecule has 0 aromatic heterocycles. The van der Waals surface area contributed by atoms with Gasteiger partial charge in [-0.15, -0.1) is 0 Å². The number of unbranched alkanes of at least 4 members (excludes halogenated alkanes) is 2. The molecule has 5 rings (SSSR count). The summed E-state index contributed by atoms with van der Waals surface area (Å²) in [6.45, 7) is 17.6. The van der Waals surface area contributed by atoms with E-state index in [-0.39, 0.29) is 22.7 Å². The van der Waals surface area contributed by atoms with Gasteiger partial charge in [0, 0.05) is 58.8 Å². The predicted octanol–water partition coefficient (Wildman–Crippen LogP) is 10.1. The van der Waals surface area contributed by atoms with Crippen LogP contribution in [0.15, 0.2) is 102 Å². The summed E-state index contributed by atoms with van der Waals surface area (Å²) in [6.07, 6.45) is 14.7. The fourth-order valence-electron chi connectivity index (χ4n) is 7.17. The summed E-state index contributed by atoms with van der Waals surface area (Å²) in [4.78, 5) is 15.9. The number of Topliss-reactive ketones (excluding diaryl/α,β-unsaturated/α-hetero) is 1. The molecule has 250 valence electrons. The Morgan fingerprint density at radius 1 is 0.729 bits per heavy atom. The SMILES string of the molecule is CCCCC(C)N(c1ccc(C2=C([O-])C(=C3C=CC(=[N+](c4ccc(C)cc4C)C(C)CCCC)C=C3)C2=O)cc1)c1ccc(C)cc1C. The summed E-state index contributed by atoms with van der Waals surface area (Å²) in [7, 11) is 0. The molecule has 4 heteroatoms. The number of nitrogens with zero attached hydrogens (tertiary/aromatic N) is 2. The molecule has 2 unspecified atom stereocenters. The number of hydrogen-bond acceptors (Lipinski definition) is 3. The number of carbonyl (C=O) groups is 1. The second-order valence-electron chi connectivity index (χ2n) is 13.8. The van der Waals surface area contributed by atoms with Gasteiger partial charge in [-0.1, -0.05) is 80.3 Å². The van der Waals surface area contributed by atoms with Crippen LogP contribution in [-0.4, -0.2) is 28.2 Å².